The molecule has 0 fully saturated rings. The van der Waals surface area contributed by atoms with Crippen LogP contribution in [0, 0.1) is 23.3 Å². The zero-order valence-electron chi connectivity index (χ0n) is 31.4. The molecular weight excluding hydrogens is 665 g/mol. The first kappa shape index (κ1) is 38.0. The van der Waals surface area contributed by atoms with Gasteiger partial charge in [0.1, 0.15) is 8.07 Å². The van der Waals surface area contributed by atoms with Gasteiger partial charge < -0.3 is 5.11 Å². The lowest BCUT2D eigenvalue weighted by molar-refractivity contribution is 0.0909. The number of allylic oxidation sites excluding steroid dienone is 3. The van der Waals surface area contributed by atoms with E-state index < -0.39 is 27.2 Å². The zero-order valence-corrected chi connectivity index (χ0v) is 33.4. The van der Waals surface area contributed by atoms with Crippen LogP contribution in [0.5, 0.6) is 0 Å². The maximum atomic E-state index is 15.5. The van der Waals surface area contributed by atoms with Crippen LogP contribution in [0.25, 0.3) is 5.57 Å². The summed E-state index contributed by atoms with van der Waals surface area (Å²) in [6.45, 7) is 15.2. The van der Waals surface area contributed by atoms with E-state index >= 15 is 4.79 Å². The van der Waals surface area contributed by atoms with Gasteiger partial charge in [0.15, 0.2) is 11.4 Å². The molecule has 0 aliphatic rings. The third-order valence-electron chi connectivity index (χ3n) is 9.00. The van der Waals surface area contributed by atoms with Gasteiger partial charge in [0, 0.05) is 16.7 Å². The number of rotatable bonds is 9. The summed E-state index contributed by atoms with van der Waals surface area (Å²) in [5, 5.41) is 14.3. The van der Waals surface area contributed by atoms with Gasteiger partial charge in [-0.25, -0.2) is 0 Å². The molecule has 0 spiro atoms. The minimum absolute atomic E-state index is 0.261. The number of carbonyl (C=O) groups excluding carboxylic acids is 1. The Bertz CT molecular complexity index is 2130. The van der Waals surface area contributed by atoms with Crippen molar-refractivity contribution in [1.82, 2.24) is 0 Å². The highest BCUT2D eigenvalue weighted by Crippen LogP contribution is 2.49. The molecule has 1 atom stereocenters. The van der Waals surface area contributed by atoms with Gasteiger partial charge in [0.25, 0.3) is 0 Å². The number of hydrogen-bond acceptors (Lipinski definition) is 2. The minimum Gasteiger partial charge on any atom is -0.369 e. The molecule has 0 saturated heterocycles. The molecule has 0 radical (unpaired) electrons. The van der Waals surface area contributed by atoms with Gasteiger partial charge in [-0.3, -0.25) is 4.79 Å². The van der Waals surface area contributed by atoms with Gasteiger partial charge in [-0.15, -0.1) is 5.54 Å². The quantitative estimate of drug-likeness (QED) is 0.0715. The third-order valence-corrected chi connectivity index (χ3v) is 12.0. The molecule has 0 aliphatic carbocycles. The Morgan fingerprint density at radius 3 is 1.40 bits per heavy atom. The number of aliphatic hydroxyl groups is 1. The van der Waals surface area contributed by atoms with Crippen molar-refractivity contribution in [3.05, 3.63) is 196 Å². The maximum absolute atomic E-state index is 15.5. The number of ketones is 1. The van der Waals surface area contributed by atoms with Crippen LogP contribution >= 0.6 is 0 Å². The van der Waals surface area contributed by atoms with Crippen LogP contribution in [0.15, 0.2) is 169 Å². The van der Waals surface area contributed by atoms with Crippen LogP contribution in [-0.4, -0.2) is 27.0 Å². The first-order chi connectivity index (χ1) is 24.8. The number of Topliss-reactive ketones (excluding diaryl/α,β-unsaturated/α-hetero) is 1. The summed E-state index contributed by atoms with van der Waals surface area (Å²) in [6, 6.07) is 49.4. The molecule has 0 aliphatic heterocycles. The molecule has 0 saturated carbocycles. The molecule has 1 unspecified atom stereocenters. The van der Waals surface area contributed by atoms with Gasteiger partial charge in [0.2, 0.25) is 0 Å². The monoisotopic (exact) mass is 712 g/mol. The van der Waals surface area contributed by atoms with Crippen LogP contribution in [0.2, 0.25) is 39.3 Å². The first-order valence-electron chi connectivity index (χ1n) is 17.8. The molecule has 4 heteroatoms. The van der Waals surface area contributed by atoms with E-state index in [-0.39, 0.29) is 11.4 Å². The predicted molar refractivity (Wildman–Crippen MR) is 224 cm³/mol. The summed E-state index contributed by atoms with van der Waals surface area (Å²) in [5.41, 5.74) is 5.68. The molecule has 0 heterocycles. The largest absolute Gasteiger partial charge is 0.369 e. The Hall–Kier alpha value is -5.24. The van der Waals surface area contributed by atoms with Crippen molar-refractivity contribution >= 4 is 27.5 Å². The van der Waals surface area contributed by atoms with Crippen molar-refractivity contribution in [2.45, 2.75) is 57.2 Å². The van der Waals surface area contributed by atoms with E-state index in [1.54, 1.807) is 0 Å². The van der Waals surface area contributed by atoms with E-state index in [1.165, 1.54) is 0 Å². The zero-order chi connectivity index (χ0) is 37.4. The minimum atomic E-state index is -2.69. The molecule has 2 nitrogen and oxygen atoms in total. The van der Waals surface area contributed by atoms with Gasteiger partial charge in [-0.1, -0.05) is 209 Å². The maximum Gasteiger partial charge on any atom is 0.192 e. The van der Waals surface area contributed by atoms with Crippen LogP contribution in [0.1, 0.15) is 39.5 Å². The number of benzene rings is 5. The molecule has 0 bridgehead atoms. The van der Waals surface area contributed by atoms with Crippen LogP contribution in [0.4, 0.5) is 0 Å². The SMILES string of the molecule is C/C(=C\C#CC(/C(=C(\C(=O)c1ccccc1)C(O)(C#C[Si](C)(C)C)c1ccccc1)[Si](C)(C)C)(c1ccccc1)c1ccccc1)c1ccccc1. The average Bonchev–Trinajstić information content (AvgIpc) is 3.15. The molecule has 5 aromatic carbocycles. The molecule has 5 rings (SSSR count). The van der Waals surface area contributed by atoms with Crippen molar-refractivity contribution in [2.24, 2.45) is 0 Å². The second kappa shape index (κ2) is 16.0. The van der Waals surface area contributed by atoms with Crippen LogP contribution in [0.3, 0.4) is 0 Å². The van der Waals surface area contributed by atoms with E-state index in [9.17, 15) is 5.11 Å². The molecule has 0 amide bonds. The Morgan fingerprint density at radius 1 is 0.577 bits per heavy atom. The molecular formula is C48H48O2Si2. The van der Waals surface area contributed by atoms with Crippen molar-refractivity contribution in [2.75, 3.05) is 0 Å². The Balaban J connectivity index is 2.07. The molecule has 52 heavy (non-hydrogen) atoms. The lowest BCUT2D eigenvalue weighted by Gasteiger charge is -2.43. The lowest BCUT2D eigenvalue weighted by atomic mass is 9.70. The van der Waals surface area contributed by atoms with Crippen molar-refractivity contribution in [1.29, 1.82) is 0 Å². The second-order valence-corrected chi connectivity index (χ2v) is 25.0. The third kappa shape index (κ3) is 8.44. The van der Waals surface area contributed by atoms with Gasteiger partial charge >= 0.3 is 0 Å². The summed E-state index contributed by atoms with van der Waals surface area (Å²) in [7, 11) is -4.75. The smallest absolute Gasteiger partial charge is 0.192 e. The molecule has 5 aromatic rings. The summed E-state index contributed by atoms with van der Waals surface area (Å²) < 4.78 is 0. The highest BCUT2D eigenvalue weighted by Gasteiger charge is 2.50. The van der Waals surface area contributed by atoms with E-state index in [0.717, 1.165) is 27.5 Å². The Morgan fingerprint density at radius 2 is 0.981 bits per heavy atom. The van der Waals surface area contributed by atoms with E-state index in [2.05, 4.69) is 106 Å². The Labute approximate surface area is 313 Å². The van der Waals surface area contributed by atoms with Crippen LogP contribution in [-0.2, 0) is 11.0 Å². The normalized spacial score (nSPS) is 13.7. The summed E-state index contributed by atoms with van der Waals surface area (Å²) in [5.74, 6) is 10.4. The Kier molecular flexibility index (Phi) is 11.7. The topological polar surface area (TPSA) is 37.3 Å². The highest BCUT2D eigenvalue weighted by atomic mass is 28.3. The van der Waals surface area contributed by atoms with Crippen molar-refractivity contribution < 1.29 is 9.90 Å². The number of hydrogen-bond donors (Lipinski definition) is 1. The number of carbonyl (C=O) groups is 1. The second-order valence-electron chi connectivity index (χ2n) is 15.2. The summed E-state index contributed by atoms with van der Waals surface area (Å²) in [6.07, 6.45) is 1.96. The lowest BCUT2D eigenvalue weighted by Crippen LogP contribution is -2.47. The van der Waals surface area contributed by atoms with E-state index in [1.807, 2.05) is 121 Å². The van der Waals surface area contributed by atoms with Gasteiger partial charge in [-0.2, -0.15) is 0 Å². The fourth-order valence-electron chi connectivity index (χ4n) is 6.63. The predicted octanol–water partition coefficient (Wildman–Crippen LogP) is 10.9. The molecule has 0 aromatic heterocycles. The standard InChI is InChI=1S/C48H48O2Si2/c1-38(39-25-13-8-14-26-39)24-23-35-47(41-29-17-10-18-30-41,42-31-19-11-20-32-42)46(52(5,6)7)44(45(49)40-27-15-9-16-28-40)48(50,36-37-51(2,3)4)43-33-21-12-22-34-43/h8-22,24-34,50H,1-7H3/b38-24+,46-44-. The van der Waals surface area contributed by atoms with Gasteiger partial charge in [-0.05, 0) is 40.5 Å². The fourth-order valence-corrected chi connectivity index (χ4v) is 9.71. The van der Waals surface area contributed by atoms with Crippen molar-refractivity contribution in [3.8, 4) is 23.3 Å². The average molecular weight is 713 g/mol. The van der Waals surface area contributed by atoms with Crippen molar-refractivity contribution in [3.63, 3.8) is 0 Å². The van der Waals surface area contributed by atoms with E-state index in [4.69, 9.17) is 0 Å². The van der Waals surface area contributed by atoms with Crippen LogP contribution < -0.4 is 0 Å². The first-order valence-corrected chi connectivity index (χ1v) is 24.8. The summed E-state index contributed by atoms with van der Waals surface area (Å²) in [4.78, 5) is 15.5. The molecule has 1 N–H and O–H groups in total. The highest BCUT2D eigenvalue weighted by molar-refractivity contribution is 6.84. The fraction of sp³-hybridized carbons (Fsp3) is 0.188. The van der Waals surface area contributed by atoms with Gasteiger partial charge in [0.05, 0.1) is 13.5 Å². The molecule has 260 valence electrons. The van der Waals surface area contributed by atoms with E-state index in [0.29, 0.717) is 11.1 Å². The summed E-state index contributed by atoms with van der Waals surface area (Å²) >= 11 is 0.